The monoisotopic (exact) mass is 298 g/mol. The van der Waals surface area contributed by atoms with Crippen LogP contribution in [0.5, 0.6) is 0 Å². The van der Waals surface area contributed by atoms with Gasteiger partial charge in [0.2, 0.25) is 0 Å². The summed E-state index contributed by atoms with van der Waals surface area (Å²) in [6.07, 6.45) is 1.02. The molecule has 1 fully saturated rings. The predicted molar refractivity (Wildman–Crippen MR) is 69.7 cm³/mol. The van der Waals surface area contributed by atoms with Crippen molar-refractivity contribution in [3.05, 3.63) is 38.9 Å². The summed E-state index contributed by atoms with van der Waals surface area (Å²) in [7, 11) is 0. The Morgan fingerprint density at radius 2 is 2.05 bits per heavy atom. The van der Waals surface area contributed by atoms with Crippen molar-refractivity contribution in [2.75, 3.05) is 6.54 Å². The maximum Gasteiger partial charge on any atom is 0.311 e. The van der Waals surface area contributed by atoms with Crippen molar-refractivity contribution >= 4 is 29.2 Å². The quantitative estimate of drug-likeness (QED) is 0.636. The van der Waals surface area contributed by atoms with Gasteiger partial charge in [0, 0.05) is 29.3 Å². The molecule has 0 saturated heterocycles. The number of benzene rings is 1. The molecule has 7 nitrogen and oxygen atoms in total. The van der Waals surface area contributed by atoms with Gasteiger partial charge in [-0.2, -0.15) is 0 Å². The topological polar surface area (TPSA) is 110 Å². The third-order valence-electron chi connectivity index (χ3n) is 3.25. The molecule has 0 spiro atoms. The number of carbonyl (C=O) groups is 2. The van der Waals surface area contributed by atoms with Gasteiger partial charge in [0.15, 0.2) is 0 Å². The molecule has 1 saturated carbocycles. The highest BCUT2D eigenvalue weighted by molar-refractivity contribution is 6.31. The first-order chi connectivity index (χ1) is 9.34. The molecule has 0 unspecified atom stereocenters. The van der Waals surface area contributed by atoms with E-state index in [1.807, 2.05) is 0 Å². The van der Waals surface area contributed by atoms with Crippen LogP contribution in [0.1, 0.15) is 23.2 Å². The fourth-order valence-corrected chi connectivity index (χ4v) is 2.01. The smallest absolute Gasteiger partial charge is 0.311 e. The van der Waals surface area contributed by atoms with E-state index in [0.29, 0.717) is 12.8 Å². The Hall–Kier alpha value is -2.15. The molecule has 1 aromatic carbocycles. The van der Waals surface area contributed by atoms with Crippen molar-refractivity contribution in [3.63, 3.8) is 0 Å². The van der Waals surface area contributed by atoms with E-state index in [9.17, 15) is 19.7 Å². The van der Waals surface area contributed by atoms with Crippen LogP contribution < -0.4 is 5.32 Å². The van der Waals surface area contributed by atoms with Crippen LogP contribution in [-0.2, 0) is 4.79 Å². The summed E-state index contributed by atoms with van der Waals surface area (Å²) < 4.78 is 0. The van der Waals surface area contributed by atoms with Crippen LogP contribution in [0.25, 0.3) is 0 Å². The molecule has 0 radical (unpaired) electrons. The Morgan fingerprint density at radius 3 is 2.55 bits per heavy atom. The van der Waals surface area contributed by atoms with Crippen LogP contribution in [0.15, 0.2) is 18.2 Å². The lowest BCUT2D eigenvalue weighted by Crippen LogP contribution is -2.34. The van der Waals surface area contributed by atoms with E-state index >= 15 is 0 Å². The van der Waals surface area contributed by atoms with Gasteiger partial charge in [-0.25, -0.2) is 0 Å². The summed E-state index contributed by atoms with van der Waals surface area (Å²) in [5.41, 5.74) is -1.15. The molecule has 1 aliphatic rings. The van der Waals surface area contributed by atoms with Crippen molar-refractivity contribution in [1.82, 2.24) is 5.32 Å². The maximum atomic E-state index is 11.9. The minimum atomic E-state index is -0.949. The molecule has 1 amide bonds. The van der Waals surface area contributed by atoms with Gasteiger partial charge >= 0.3 is 5.97 Å². The Labute approximate surface area is 118 Å². The van der Waals surface area contributed by atoms with Crippen LogP contribution in [-0.4, -0.2) is 28.5 Å². The Morgan fingerprint density at radius 1 is 1.40 bits per heavy atom. The normalized spacial score (nSPS) is 15.4. The summed E-state index contributed by atoms with van der Waals surface area (Å²) in [5, 5.41) is 22.2. The van der Waals surface area contributed by atoms with Gasteiger partial charge in [0.1, 0.15) is 0 Å². The third-order valence-corrected chi connectivity index (χ3v) is 3.47. The standard InChI is InChI=1S/C12H11ClN2O5/c13-8-3-7(4-9(5-8)15(19)20)10(16)14-6-12(1-2-12)11(17)18/h3-5H,1-2,6H2,(H,14,16)(H,17,18). The lowest BCUT2D eigenvalue weighted by molar-refractivity contribution is -0.384. The minimum absolute atomic E-state index is 0.00147. The molecule has 0 aliphatic heterocycles. The van der Waals surface area contributed by atoms with Crippen LogP contribution >= 0.6 is 11.6 Å². The second kappa shape index (κ2) is 5.09. The van der Waals surface area contributed by atoms with Gasteiger partial charge in [0.05, 0.1) is 10.3 Å². The van der Waals surface area contributed by atoms with E-state index < -0.39 is 22.2 Å². The number of halogens is 1. The van der Waals surface area contributed by atoms with E-state index in [1.54, 1.807) is 0 Å². The van der Waals surface area contributed by atoms with Crippen molar-refractivity contribution in [3.8, 4) is 0 Å². The lowest BCUT2D eigenvalue weighted by atomic mass is 10.1. The van der Waals surface area contributed by atoms with Crippen LogP contribution in [0.3, 0.4) is 0 Å². The Kier molecular flexibility index (Phi) is 3.63. The van der Waals surface area contributed by atoms with Crippen molar-refractivity contribution in [1.29, 1.82) is 0 Å². The summed E-state index contributed by atoms with van der Waals surface area (Å²) in [6.45, 7) is 0.00147. The number of nitro benzene ring substituents is 1. The van der Waals surface area contributed by atoms with E-state index in [1.165, 1.54) is 6.07 Å². The van der Waals surface area contributed by atoms with Gasteiger partial charge in [-0.15, -0.1) is 0 Å². The predicted octanol–water partition coefficient (Wildman–Crippen LogP) is 1.84. The number of carboxylic acid groups (broad SMARTS) is 1. The highest BCUT2D eigenvalue weighted by Crippen LogP contribution is 2.45. The number of non-ortho nitro benzene ring substituents is 1. The van der Waals surface area contributed by atoms with Crippen molar-refractivity contribution in [2.24, 2.45) is 5.41 Å². The molecule has 0 atom stereocenters. The Balaban J connectivity index is 2.10. The molecule has 2 rings (SSSR count). The maximum absolute atomic E-state index is 11.9. The molecule has 20 heavy (non-hydrogen) atoms. The zero-order valence-electron chi connectivity index (χ0n) is 10.3. The number of nitrogens with zero attached hydrogens (tertiary/aromatic N) is 1. The molecule has 0 heterocycles. The number of hydrogen-bond donors (Lipinski definition) is 2. The fraction of sp³-hybridized carbons (Fsp3) is 0.333. The highest BCUT2D eigenvalue weighted by atomic mass is 35.5. The number of carbonyl (C=O) groups excluding carboxylic acids is 1. The number of nitrogens with one attached hydrogen (secondary N) is 1. The fourth-order valence-electron chi connectivity index (χ4n) is 1.78. The molecule has 106 valence electrons. The van der Waals surface area contributed by atoms with E-state index in [-0.39, 0.29) is 22.8 Å². The first-order valence-corrected chi connectivity index (χ1v) is 6.18. The first kappa shape index (κ1) is 14.3. The number of hydrogen-bond acceptors (Lipinski definition) is 4. The zero-order chi connectivity index (χ0) is 14.9. The number of amides is 1. The van der Waals surface area contributed by atoms with E-state index in [2.05, 4.69) is 5.32 Å². The van der Waals surface area contributed by atoms with Crippen LogP contribution in [0.4, 0.5) is 5.69 Å². The summed E-state index contributed by atoms with van der Waals surface area (Å²) in [4.78, 5) is 32.9. The summed E-state index contributed by atoms with van der Waals surface area (Å²) in [5.74, 6) is -1.53. The molecule has 2 N–H and O–H groups in total. The first-order valence-electron chi connectivity index (χ1n) is 5.81. The summed E-state index contributed by atoms with van der Waals surface area (Å²) >= 11 is 5.71. The van der Waals surface area contributed by atoms with Crippen LogP contribution in [0, 0.1) is 15.5 Å². The van der Waals surface area contributed by atoms with E-state index in [4.69, 9.17) is 16.7 Å². The average molecular weight is 299 g/mol. The number of nitro groups is 1. The molecule has 0 aromatic heterocycles. The number of rotatable bonds is 5. The number of carboxylic acids is 1. The largest absolute Gasteiger partial charge is 0.481 e. The second-order valence-electron chi connectivity index (χ2n) is 4.72. The van der Waals surface area contributed by atoms with Crippen LogP contribution in [0.2, 0.25) is 5.02 Å². The lowest BCUT2D eigenvalue weighted by Gasteiger charge is -2.11. The molecule has 0 bridgehead atoms. The summed E-state index contributed by atoms with van der Waals surface area (Å²) in [6, 6.07) is 3.53. The van der Waals surface area contributed by atoms with Crippen molar-refractivity contribution in [2.45, 2.75) is 12.8 Å². The van der Waals surface area contributed by atoms with Gasteiger partial charge in [-0.3, -0.25) is 19.7 Å². The molecule has 1 aromatic rings. The zero-order valence-corrected chi connectivity index (χ0v) is 11.0. The average Bonchev–Trinajstić information content (AvgIpc) is 3.16. The van der Waals surface area contributed by atoms with E-state index in [0.717, 1.165) is 12.1 Å². The van der Waals surface area contributed by atoms with Gasteiger partial charge in [-0.1, -0.05) is 11.6 Å². The van der Waals surface area contributed by atoms with Gasteiger partial charge in [-0.05, 0) is 18.9 Å². The van der Waals surface area contributed by atoms with Gasteiger partial charge in [0.25, 0.3) is 11.6 Å². The van der Waals surface area contributed by atoms with Gasteiger partial charge < -0.3 is 10.4 Å². The highest BCUT2D eigenvalue weighted by Gasteiger charge is 2.50. The second-order valence-corrected chi connectivity index (χ2v) is 5.16. The Bertz CT molecular complexity index is 598. The molecular weight excluding hydrogens is 288 g/mol. The molecule has 8 heteroatoms. The molecular formula is C12H11ClN2O5. The third kappa shape index (κ3) is 2.88. The van der Waals surface area contributed by atoms with Crippen molar-refractivity contribution < 1.29 is 19.6 Å². The SMILES string of the molecule is O=C(NCC1(C(=O)O)CC1)c1cc(Cl)cc([N+](=O)[O-])c1. The molecule has 1 aliphatic carbocycles. The minimum Gasteiger partial charge on any atom is -0.481 e. The number of aliphatic carboxylic acids is 1.